The van der Waals surface area contributed by atoms with E-state index in [-0.39, 0.29) is 44.0 Å². The lowest BCUT2D eigenvalue weighted by Gasteiger charge is -2.26. The van der Waals surface area contributed by atoms with Crippen LogP contribution < -0.4 is 4.90 Å². The topological polar surface area (TPSA) is 21.3 Å². The lowest BCUT2D eigenvalue weighted by atomic mass is 10.0. The normalized spacial score (nSPS) is 14.6. The van der Waals surface area contributed by atoms with Crippen LogP contribution in [-0.4, -0.2) is 4.57 Å². The number of hydrogen-bond donors (Lipinski definition) is 0. The Balaban J connectivity index is 1.05. The molecule has 0 aliphatic heterocycles. The molecule has 12 aromatic rings. The minimum atomic E-state index is -0.683. The van der Waals surface area contributed by atoms with Crippen LogP contribution in [-0.2, 0) is 0 Å². The fourth-order valence-electron chi connectivity index (χ4n) is 8.35. The van der Waals surface area contributed by atoms with E-state index in [1.54, 1.807) is 4.90 Å². The number of furan rings is 1. The highest BCUT2D eigenvalue weighted by molar-refractivity contribution is 6.17. The maximum absolute atomic E-state index is 9.75. The number of aromatic nitrogens is 1. The molecule has 61 heavy (non-hydrogen) atoms. The number of nitrogens with zero attached hydrogens (tertiary/aromatic N) is 2. The summed E-state index contributed by atoms with van der Waals surface area (Å²) in [4.78, 5) is 1.65. The van der Waals surface area contributed by atoms with Gasteiger partial charge in [0.05, 0.1) is 28.9 Å². The highest BCUT2D eigenvalue weighted by atomic mass is 16.3. The van der Waals surface area contributed by atoms with Gasteiger partial charge in [0.25, 0.3) is 0 Å². The Morgan fingerprint density at radius 2 is 1.02 bits per heavy atom. The zero-order chi connectivity index (χ0) is 51.6. The number of benzene rings is 10. The lowest BCUT2D eigenvalue weighted by molar-refractivity contribution is 0.674. The molecular formula is C58H38N2O. The van der Waals surface area contributed by atoms with E-state index in [4.69, 9.17) is 15.4 Å². The Labute approximate surface area is 371 Å². The van der Waals surface area contributed by atoms with Gasteiger partial charge in [-0.2, -0.15) is 0 Å². The average Bonchev–Trinajstić information content (AvgIpc) is 4.00. The van der Waals surface area contributed by atoms with Gasteiger partial charge < -0.3 is 13.9 Å². The monoisotopic (exact) mass is 791 g/mol. The Morgan fingerprint density at radius 3 is 1.80 bits per heavy atom. The van der Waals surface area contributed by atoms with Crippen molar-refractivity contribution in [3.63, 3.8) is 0 Å². The zero-order valence-electron chi connectivity index (χ0n) is 45.2. The highest BCUT2D eigenvalue weighted by Crippen LogP contribution is 2.42. The minimum Gasteiger partial charge on any atom is -0.455 e. The van der Waals surface area contributed by atoms with Crippen LogP contribution in [0, 0.1) is 0 Å². The van der Waals surface area contributed by atoms with Crippen LogP contribution in [0.5, 0.6) is 0 Å². The number of anilines is 3. The van der Waals surface area contributed by atoms with Gasteiger partial charge in [-0.25, -0.2) is 0 Å². The third-order valence-electron chi connectivity index (χ3n) is 11.2. The summed E-state index contributed by atoms with van der Waals surface area (Å²) in [6.45, 7) is 0. The smallest absolute Gasteiger partial charge is 0.143 e. The van der Waals surface area contributed by atoms with E-state index in [1.165, 1.54) is 0 Å². The van der Waals surface area contributed by atoms with Crippen LogP contribution in [0.4, 0.5) is 17.1 Å². The number of para-hydroxylation sites is 3. The van der Waals surface area contributed by atoms with Gasteiger partial charge in [0, 0.05) is 55.2 Å². The first-order chi connectivity index (χ1) is 35.7. The van der Waals surface area contributed by atoms with Gasteiger partial charge >= 0.3 is 0 Å². The number of rotatable bonds is 7. The molecule has 0 bridgehead atoms. The second-order valence-corrected chi connectivity index (χ2v) is 14.7. The SMILES string of the molecule is [2H]c1c([2H])c(N(c2ccc(-c3cccc(-n4c5ccccc5c5ccccc54)c3)cc2)c2cccc(-c3ccccc3)c2)c([2H])c([2H])c1-c1c([2H])c([2H])c([2H])c2c1oc1c3c([2H])c([2H])c([2H])c([2H])c3c([2H])c([2H])c12. The molecular weight excluding hydrogens is 741 g/mol. The summed E-state index contributed by atoms with van der Waals surface area (Å²) in [5.41, 5.74) is 6.08. The molecule has 2 heterocycles. The molecule has 0 amide bonds. The molecule has 0 unspecified atom stereocenters. The largest absolute Gasteiger partial charge is 0.455 e. The van der Waals surface area contributed by atoms with Crippen LogP contribution in [0.15, 0.2) is 235 Å². The fourth-order valence-corrected chi connectivity index (χ4v) is 8.35. The molecule has 0 saturated heterocycles. The predicted molar refractivity (Wildman–Crippen MR) is 257 cm³/mol. The van der Waals surface area contributed by atoms with Gasteiger partial charge in [0.1, 0.15) is 11.2 Å². The Kier molecular flexibility index (Phi) is 5.64. The van der Waals surface area contributed by atoms with Gasteiger partial charge in [-0.3, -0.25) is 0 Å². The third-order valence-corrected chi connectivity index (χ3v) is 11.2. The lowest BCUT2D eigenvalue weighted by Crippen LogP contribution is -2.10. The van der Waals surface area contributed by atoms with E-state index in [1.807, 2.05) is 115 Å². The zero-order valence-corrected chi connectivity index (χ0v) is 32.2. The molecule has 0 N–H and O–H groups in total. The van der Waals surface area contributed by atoms with Crippen molar-refractivity contribution in [3.8, 4) is 39.1 Å². The van der Waals surface area contributed by atoms with Crippen LogP contribution in [0.2, 0.25) is 0 Å². The Morgan fingerprint density at radius 1 is 0.377 bits per heavy atom. The molecule has 0 atom stereocenters. The van der Waals surface area contributed by atoms with Gasteiger partial charge in [0.2, 0.25) is 0 Å². The Hall–Kier alpha value is -8.14. The molecule has 12 rings (SSSR count). The number of hydrogen-bond acceptors (Lipinski definition) is 2. The molecule has 0 radical (unpaired) electrons. The summed E-state index contributed by atoms with van der Waals surface area (Å²) in [6.07, 6.45) is 0. The van der Waals surface area contributed by atoms with Crippen molar-refractivity contribution in [3.05, 3.63) is 230 Å². The molecule has 0 fully saturated rings. The predicted octanol–water partition coefficient (Wildman–Crippen LogP) is 16.3. The van der Waals surface area contributed by atoms with E-state index < -0.39 is 84.1 Å². The van der Waals surface area contributed by atoms with E-state index in [9.17, 15) is 6.85 Å². The second-order valence-electron chi connectivity index (χ2n) is 14.7. The van der Waals surface area contributed by atoms with E-state index in [0.717, 1.165) is 49.7 Å². The van der Waals surface area contributed by atoms with Crippen molar-refractivity contribution in [2.24, 2.45) is 0 Å². The highest BCUT2D eigenvalue weighted by Gasteiger charge is 2.18. The third kappa shape index (κ3) is 5.90. The van der Waals surface area contributed by atoms with E-state index in [2.05, 4.69) is 41.0 Å². The van der Waals surface area contributed by atoms with Gasteiger partial charge in [-0.15, -0.1) is 0 Å². The summed E-state index contributed by atoms with van der Waals surface area (Å²) < 4.78 is 127. The molecule has 0 aliphatic carbocycles. The maximum Gasteiger partial charge on any atom is 0.143 e. The van der Waals surface area contributed by atoms with Gasteiger partial charge in [-0.05, 0) is 99.9 Å². The van der Waals surface area contributed by atoms with Crippen LogP contribution in [0.3, 0.4) is 0 Å². The quantitative estimate of drug-likeness (QED) is 0.160. The summed E-state index contributed by atoms with van der Waals surface area (Å²) in [6, 6.07) is 41.9. The van der Waals surface area contributed by atoms with E-state index >= 15 is 0 Å². The van der Waals surface area contributed by atoms with Gasteiger partial charge in [-0.1, -0.05) is 164 Å². The second kappa shape index (κ2) is 14.3. The van der Waals surface area contributed by atoms with Crippen molar-refractivity contribution in [2.75, 3.05) is 4.90 Å². The van der Waals surface area contributed by atoms with Crippen LogP contribution >= 0.6 is 0 Å². The summed E-state index contributed by atoms with van der Waals surface area (Å²) in [5.74, 6) is 0. The Bertz CT molecular complexity index is 4280. The first-order valence-electron chi connectivity index (χ1n) is 26.3. The molecule has 3 heteroatoms. The summed E-state index contributed by atoms with van der Waals surface area (Å²) >= 11 is 0. The van der Waals surface area contributed by atoms with Crippen molar-refractivity contribution in [1.29, 1.82) is 0 Å². The first kappa shape index (κ1) is 24.1. The maximum atomic E-state index is 9.75. The first-order valence-corrected chi connectivity index (χ1v) is 19.8. The average molecular weight is 792 g/mol. The molecule has 10 aromatic carbocycles. The minimum absolute atomic E-state index is 0.125. The molecule has 3 nitrogen and oxygen atoms in total. The van der Waals surface area contributed by atoms with Crippen molar-refractivity contribution in [1.82, 2.24) is 4.57 Å². The van der Waals surface area contributed by atoms with E-state index in [0.29, 0.717) is 11.4 Å². The summed E-state index contributed by atoms with van der Waals surface area (Å²) in [7, 11) is 0. The molecule has 0 spiro atoms. The fraction of sp³-hybridized carbons (Fsp3) is 0. The standard InChI is InChI=1S/C58H38N2O/c1-2-13-39(14-3-1)43-16-10-18-47(37-43)59(46-34-29-42(30-35-46)50-23-12-24-53-54-36-31-41-15-4-5-20-49(41)58(54)61-57(50)53)45-32-27-40(28-33-45)44-17-11-19-48(38-44)60-55-25-8-6-21-51(55)52-22-7-9-26-56(52)60/h1-38H/i4D,5D,12D,15D,20D,23D,24D,29D,30D,31D,34D,35D,36D. The molecule has 0 saturated carbocycles. The van der Waals surface area contributed by atoms with Crippen molar-refractivity contribution in [2.45, 2.75) is 0 Å². The van der Waals surface area contributed by atoms with Crippen molar-refractivity contribution >= 4 is 71.6 Å². The van der Waals surface area contributed by atoms with Crippen LogP contribution in [0.1, 0.15) is 17.8 Å². The summed E-state index contributed by atoms with van der Waals surface area (Å²) in [5, 5.41) is 1.27. The van der Waals surface area contributed by atoms with Crippen LogP contribution in [0.25, 0.3) is 93.6 Å². The molecule has 2 aromatic heterocycles. The van der Waals surface area contributed by atoms with Gasteiger partial charge in [0.15, 0.2) is 0 Å². The molecule has 286 valence electrons. The number of fused-ring (bicyclic) bond motifs is 8. The molecule has 0 aliphatic rings. The van der Waals surface area contributed by atoms with Crippen molar-refractivity contribution < 1.29 is 22.2 Å².